The molecule has 6 heteroatoms. The smallest absolute Gasteiger partial charge is 0.306 e. The minimum Gasteiger partial charge on any atom is -0.481 e. The van der Waals surface area contributed by atoms with Gasteiger partial charge in [0, 0.05) is 31.7 Å². The third-order valence-electron chi connectivity index (χ3n) is 5.23. The summed E-state index contributed by atoms with van der Waals surface area (Å²) >= 11 is 0. The maximum absolute atomic E-state index is 12.6. The zero-order chi connectivity index (χ0) is 18.7. The summed E-state index contributed by atoms with van der Waals surface area (Å²) in [6.45, 7) is 12.3. The Hall–Kier alpha value is -1.85. The number of aryl methyl sites for hydroxylation is 1. The van der Waals surface area contributed by atoms with Gasteiger partial charge in [-0.2, -0.15) is 5.10 Å². The Balaban J connectivity index is 1.95. The fourth-order valence-corrected chi connectivity index (χ4v) is 3.75. The maximum atomic E-state index is 12.6. The first-order valence-corrected chi connectivity index (χ1v) is 9.24. The molecule has 0 spiro atoms. The molecule has 2 heterocycles. The molecule has 6 nitrogen and oxygen atoms in total. The van der Waals surface area contributed by atoms with Crippen LogP contribution < -0.4 is 0 Å². The molecule has 0 aromatic carbocycles. The van der Waals surface area contributed by atoms with Crippen molar-refractivity contribution in [3.63, 3.8) is 0 Å². The van der Waals surface area contributed by atoms with Crippen LogP contribution in [0.4, 0.5) is 0 Å². The first-order chi connectivity index (χ1) is 11.7. The number of aliphatic carboxylic acids is 1. The average molecular weight is 349 g/mol. The van der Waals surface area contributed by atoms with Crippen molar-refractivity contribution in [2.75, 3.05) is 13.1 Å². The maximum Gasteiger partial charge on any atom is 0.306 e. The van der Waals surface area contributed by atoms with Gasteiger partial charge in [0.25, 0.3) is 0 Å². The van der Waals surface area contributed by atoms with Crippen LogP contribution in [0.3, 0.4) is 0 Å². The number of likely N-dealkylation sites (tertiary alicyclic amines) is 1. The van der Waals surface area contributed by atoms with Crippen LogP contribution in [0, 0.1) is 31.6 Å². The van der Waals surface area contributed by atoms with Gasteiger partial charge in [0.2, 0.25) is 5.91 Å². The predicted molar refractivity (Wildman–Crippen MR) is 96.3 cm³/mol. The molecule has 1 saturated heterocycles. The molecule has 2 unspecified atom stereocenters. The highest BCUT2D eigenvalue weighted by molar-refractivity contribution is 5.77. The number of amides is 1. The summed E-state index contributed by atoms with van der Waals surface area (Å²) in [5.74, 6) is -0.422. The standard InChI is InChI=1S/C19H31N3O3/c1-12(2)10-22-15(5)17(14(4)20-22)6-7-18(23)21-9-8-16(19(24)25)13(3)11-21/h12-13,16H,6-11H2,1-5H3,(H,24,25). The number of piperidine rings is 1. The highest BCUT2D eigenvalue weighted by Gasteiger charge is 2.32. The lowest BCUT2D eigenvalue weighted by atomic mass is 9.87. The molecule has 1 aliphatic heterocycles. The average Bonchev–Trinajstić information content (AvgIpc) is 2.77. The molecule has 1 aromatic heterocycles. The number of carboxylic acid groups (broad SMARTS) is 1. The Bertz CT molecular complexity index is 636. The van der Waals surface area contributed by atoms with Crippen molar-refractivity contribution >= 4 is 11.9 Å². The molecule has 2 atom stereocenters. The lowest BCUT2D eigenvalue weighted by Crippen LogP contribution is -2.45. The van der Waals surface area contributed by atoms with E-state index in [9.17, 15) is 14.7 Å². The first kappa shape index (κ1) is 19.5. The van der Waals surface area contributed by atoms with Crippen molar-refractivity contribution in [1.29, 1.82) is 0 Å². The van der Waals surface area contributed by atoms with Crippen LogP contribution >= 0.6 is 0 Å². The quantitative estimate of drug-likeness (QED) is 0.857. The second-order valence-electron chi connectivity index (χ2n) is 7.78. The van der Waals surface area contributed by atoms with Crippen molar-refractivity contribution in [2.24, 2.45) is 17.8 Å². The Labute approximate surface area is 150 Å². The second-order valence-corrected chi connectivity index (χ2v) is 7.78. The van der Waals surface area contributed by atoms with Gasteiger partial charge >= 0.3 is 5.97 Å². The fourth-order valence-electron chi connectivity index (χ4n) is 3.75. The van der Waals surface area contributed by atoms with Gasteiger partial charge in [-0.3, -0.25) is 14.3 Å². The zero-order valence-corrected chi connectivity index (χ0v) is 16.1. The molecule has 0 radical (unpaired) electrons. The van der Waals surface area contributed by atoms with Gasteiger partial charge in [-0.25, -0.2) is 0 Å². The normalized spacial score (nSPS) is 21.0. The second kappa shape index (κ2) is 8.02. The highest BCUT2D eigenvalue weighted by atomic mass is 16.4. The van der Waals surface area contributed by atoms with E-state index >= 15 is 0 Å². The van der Waals surface area contributed by atoms with Crippen LogP contribution in [-0.2, 0) is 22.6 Å². The molecule has 1 aliphatic rings. The van der Waals surface area contributed by atoms with E-state index in [1.54, 1.807) is 0 Å². The van der Waals surface area contributed by atoms with Crippen LogP contribution in [-0.4, -0.2) is 44.8 Å². The summed E-state index contributed by atoms with van der Waals surface area (Å²) in [5.41, 5.74) is 3.32. The van der Waals surface area contributed by atoms with E-state index in [4.69, 9.17) is 0 Å². The van der Waals surface area contributed by atoms with Crippen LogP contribution in [0.2, 0.25) is 0 Å². The van der Waals surface area contributed by atoms with Crippen molar-refractivity contribution in [2.45, 2.75) is 60.4 Å². The monoisotopic (exact) mass is 349 g/mol. The Morgan fingerprint density at radius 3 is 2.56 bits per heavy atom. The van der Waals surface area contributed by atoms with Crippen LogP contribution in [0.1, 0.15) is 50.6 Å². The Kier molecular flexibility index (Phi) is 6.25. The Morgan fingerprint density at radius 1 is 1.32 bits per heavy atom. The van der Waals surface area contributed by atoms with E-state index in [1.807, 2.05) is 23.4 Å². The summed E-state index contributed by atoms with van der Waals surface area (Å²) in [7, 11) is 0. The number of carbonyl (C=O) groups is 2. The van der Waals surface area contributed by atoms with Gasteiger partial charge in [0.1, 0.15) is 0 Å². The fraction of sp³-hybridized carbons (Fsp3) is 0.737. The topological polar surface area (TPSA) is 75.4 Å². The molecule has 140 valence electrons. The number of aromatic nitrogens is 2. The zero-order valence-electron chi connectivity index (χ0n) is 16.1. The molecule has 1 amide bonds. The molecular formula is C19H31N3O3. The highest BCUT2D eigenvalue weighted by Crippen LogP contribution is 2.24. The minimum atomic E-state index is -0.747. The summed E-state index contributed by atoms with van der Waals surface area (Å²) in [6.07, 6.45) is 1.70. The van der Waals surface area contributed by atoms with Gasteiger partial charge < -0.3 is 10.0 Å². The summed E-state index contributed by atoms with van der Waals surface area (Å²) in [4.78, 5) is 25.6. The molecule has 1 aromatic rings. The van der Waals surface area contributed by atoms with Crippen LogP contribution in [0.5, 0.6) is 0 Å². The number of hydrogen-bond acceptors (Lipinski definition) is 3. The predicted octanol–water partition coefficient (Wildman–Crippen LogP) is 2.66. The summed E-state index contributed by atoms with van der Waals surface area (Å²) < 4.78 is 2.04. The van der Waals surface area contributed by atoms with Crippen molar-refractivity contribution in [1.82, 2.24) is 14.7 Å². The van der Waals surface area contributed by atoms with Gasteiger partial charge in [-0.05, 0) is 44.1 Å². The van der Waals surface area contributed by atoms with Gasteiger partial charge in [0.05, 0.1) is 11.6 Å². The van der Waals surface area contributed by atoms with E-state index in [0.29, 0.717) is 38.3 Å². The van der Waals surface area contributed by atoms with Gasteiger partial charge in [-0.1, -0.05) is 20.8 Å². The van der Waals surface area contributed by atoms with E-state index in [2.05, 4.69) is 25.9 Å². The summed E-state index contributed by atoms with van der Waals surface area (Å²) in [5, 5.41) is 13.8. The van der Waals surface area contributed by atoms with Crippen molar-refractivity contribution < 1.29 is 14.7 Å². The lowest BCUT2D eigenvalue weighted by Gasteiger charge is -2.35. The molecule has 0 aliphatic carbocycles. The number of carboxylic acids is 1. The number of rotatable bonds is 6. The first-order valence-electron chi connectivity index (χ1n) is 9.24. The number of hydrogen-bond donors (Lipinski definition) is 1. The van der Waals surface area contributed by atoms with Gasteiger partial charge in [-0.15, -0.1) is 0 Å². The lowest BCUT2D eigenvalue weighted by molar-refractivity contribution is -0.148. The van der Waals surface area contributed by atoms with E-state index in [-0.39, 0.29) is 17.7 Å². The largest absolute Gasteiger partial charge is 0.481 e. The third kappa shape index (κ3) is 4.61. The molecule has 1 N–H and O–H groups in total. The third-order valence-corrected chi connectivity index (χ3v) is 5.23. The SMILES string of the molecule is Cc1nn(CC(C)C)c(C)c1CCC(=O)N1CCC(C(=O)O)C(C)C1. The minimum absolute atomic E-state index is 0.00691. The van der Waals surface area contributed by atoms with E-state index in [1.165, 1.54) is 5.56 Å². The Morgan fingerprint density at radius 2 is 2.00 bits per heavy atom. The molecule has 0 bridgehead atoms. The number of nitrogens with zero attached hydrogens (tertiary/aromatic N) is 3. The van der Waals surface area contributed by atoms with E-state index < -0.39 is 5.97 Å². The summed E-state index contributed by atoms with van der Waals surface area (Å²) in [6, 6.07) is 0. The molecule has 2 rings (SSSR count). The van der Waals surface area contributed by atoms with Crippen LogP contribution in [0.15, 0.2) is 0 Å². The van der Waals surface area contributed by atoms with E-state index in [0.717, 1.165) is 17.9 Å². The number of carbonyl (C=O) groups excluding carboxylic acids is 1. The molecule has 25 heavy (non-hydrogen) atoms. The molecule has 0 saturated carbocycles. The van der Waals surface area contributed by atoms with Gasteiger partial charge in [0.15, 0.2) is 0 Å². The molecule has 1 fully saturated rings. The molecular weight excluding hydrogens is 318 g/mol. The van der Waals surface area contributed by atoms with Crippen molar-refractivity contribution in [3.8, 4) is 0 Å². The van der Waals surface area contributed by atoms with Crippen molar-refractivity contribution in [3.05, 3.63) is 17.0 Å². The van der Waals surface area contributed by atoms with Crippen LogP contribution in [0.25, 0.3) is 0 Å².